The number of hydrogen-bond donors (Lipinski definition) is 0. The Balaban J connectivity index is 2.04. The fourth-order valence-corrected chi connectivity index (χ4v) is 3.25. The van der Waals surface area contributed by atoms with E-state index in [-0.39, 0.29) is 5.56 Å². The normalized spacial score (nSPS) is 10.9. The van der Waals surface area contributed by atoms with Crippen LogP contribution >= 0.6 is 11.6 Å². The van der Waals surface area contributed by atoms with Crippen LogP contribution in [0, 0.1) is 0 Å². The van der Waals surface area contributed by atoms with Crippen molar-refractivity contribution in [2.75, 3.05) is 13.7 Å². The Hall–Kier alpha value is -3.38. The van der Waals surface area contributed by atoms with Crippen LogP contribution in [0.5, 0.6) is 11.8 Å². The van der Waals surface area contributed by atoms with Gasteiger partial charge in [0, 0.05) is 34.3 Å². The van der Waals surface area contributed by atoms with Crippen molar-refractivity contribution >= 4 is 22.6 Å². The summed E-state index contributed by atoms with van der Waals surface area (Å²) < 4.78 is 12.3. The molecule has 0 aliphatic heterocycles. The molecule has 0 saturated carbocycles. The molecule has 146 valence electrons. The van der Waals surface area contributed by atoms with Crippen molar-refractivity contribution in [2.24, 2.45) is 0 Å². The number of benzene rings is 1. The number of ether oxygens (including phenoxy) is 2. The molecule has 0 bridgehead atoms. The van der Waals surface area contributed by atoms with Crippen LogP contribution in [0.4, 0.5) is 0 Å². The molecule has 0 saturated heterocycles. The molecule has 0 aliphatic rings. The van der Waals surface area contributed by atoms with E-state index in [1.54, 1.807) is 53.2 Å². The smallest absolute Gasteiger partial charge is 0.264 e. The van der Waals surface area contributed by atoms with Gasteiger partial charge in [-0.15, -0.1) is 0 Å². The molecule has 0 unspecified atom stereocenters. The highest BCUT2D eigenvalue weighted by Crippen LogP contribution is 2.26. The highest BCUT2D eigenvalue weighted by Gasteiger charge is 2.15. The van der Waals surface area contributed by atoms with Crippen LogP contribution in [0.3, 0.4) is 0 Å². The van der Waals surface area contributed by atoms with E-state index in [1.807, 2.05) is 19.1 Å². The van der Waals surface area contributed by atoms with Gasteiger partial charge >= 0.3 is 0 Å². The highest BCUT2D eigenvalue weighted by molar-refractivity contribution is 6.30. The van der Waals surface area contributed by atoms with Gasteiger partial charge in [-0.3, -0.25) is 9.36 Å². The third kappa shape index (κ3) is 3.67. The van der Waals surface area contributed by atoms with E-state index in [0.717, 1.165) is 5.39 Å². The third-order valence-corrected chi connectivity index (χ3v) is 4.71. The van der Waals surface area contributed by atoms with Crippen LogP contribution in [-0.4, -0.2) is 28.3 Å². The molecular formula is C22H18ClN3O3. The molecule has 1 aromatic carbocycles. The number of hydrogen-bond acceptors (Lipinski definition) is 5. The Bertz CT molecular complexity index is 1240. The molecule has 29 heavy (non-hydrogen) atoms. The summed E-state index contributed by atoms with van der Waals surface area (Å²) in [5, 5.41) is 1.39. The zero-order chi connectivity index (χ0) is 20.4. The molecule has 0 spiro atoms. The maximum atomic E-state index is 13.5. The maximum absolute atomic E-state index is 13.5. The Labute approximate surface area is 172 Å². The first-order chi connectivity index (χ1) is 14.1. The van der Waals surface area contributed by atoms with E-state index in [0.29, 0.717) is 45.9 Å². The van der Waals surface area contributed by atoms with Crippen LogP contribution in [-0.2, 0) is 0 Å². The fraction of sp³-hybridized carbons (Fsp3) is 0.136. The first kappa shape index (κ1) is 19.0. The van der Waals surface area contributed by atoms with Gasteiger partial charge in [0.25, 0.3) is 5.56 Å². The minimum absolute atomic E-state index is 0.214. The monoisotopic (exact) mass is 407 g/mol. The van der Waals surface area contributed by atoms with Crippen LogP contribution in [0.2, 0.25) is 5.02 Å². The Morgan fingerprint density at radius 1 is 1.03 bits per heavy atom. The summed E-state index contributed by atoms with van der Waals surface area (Å²) in [6.07, 6.45) is 1.61. The van der Waals surface area contributed by atoms with Gasteiger partial charge < -0.3 is 9.47 Å². The van der Waals surface area contributed by atoms with E-state index in [9.17, 15) is 4.79 Å². The van der Waals surface area contributed by atoms with Crippen LogP contribution in [0.1, 0.15) is 6.92 Å². The Morgan fingerprint density at radius 2 is 1.83 bits per heavy atom. The molecule has 0 N–H and O–H groups in total. The molecule has 0 radical (unpaired) electrons. The summed E-state index contributed by atoms with van der Waals surface area (Å²) in [4.78, 5) is 22.2. The SMILES string of the molecule is CCOc1ccc2cc(-c3ccnc(OC)c3)c(=O)n(-c3ccc(Cl)cc3)c2n1. The third-order valence-electron chi connectivity index (χ3n) is 4.46. The first-order valence-electron chi connectivity index (χ1n) is 9.06. The fourth-order valence-electron chi connectivity index (χ4n) is 3.12. The molecule has 6 nitrogen and oxygen atoms in total. The predicted molar refractivity (Wildman–Crippen MR) is 113 cm³/mol. The molecule has 0 fully saturated rings. The van der Waals surface area contributed by atoms with Crippen molar-refractivity contribution in [3.8, 4) is 28.6 Å². The maximum Gasteiger partial charge on any atom is 0.264 e. The lowest BCUT2D eigenvalue weighted by molar-refractivity contribution is 0.328. The molecule has 3 heterocycles. The topological polar surface area (TPSA) is 66.2 Å². The Morgan fingerprint density at radius 3 is 2.55 bits per heavy atom. The van der Waals surface area contributed by atoms with Crippen LogP contribution < -0.4 is 15.0 Å². The summed E-state index contributed by atoms with van der Waals surface area (Å²) >= 11 is 6.04. The van der Waals surface area contributed by atoms with Crippen LogP contribution in [0.25, 0.3) is 27.8 Å². The number of methoxy groups -OCH3 is 1. The van der Waals surface area contributed by atoms with E-state index in [1.165, 1.54) is 7.11 Å². The second kappa shape index (κ2) is 7.93. The van der Waals surface area contributed by atoms with Gasteiger partial charge in [-0.1, -0.05) is 11.6 Å². The second-order valence-corrected chi connectivity index (χ2v) is 6.69. The zero-order valence-corrected chi connectivity index (χ0v) is 16.7. The number of aromatic nitrogens is 3. The largest absolute Gasteiger partial charge is 0.481 e. The van der Waals surface area contributed by atoms with Gasteiger partial charge in [-0.25, -0.2) is 4.98 Å². The van der Waals surface area contributed by atoms with E-state index in [2.05, 4.69) is 9.97 Å². The van der Waals surface area contributed by atoms with Gasteiger partial charge in [0.05, 0.1) is 19.4 Å². The molecule has 7 heteroatoms. The van der Waals surface area contributed by atoms with E-state index in [4.69, 9.17) is 21.1 Å². The van der Waals surface area contributed by atoms with Crippen molar-refractivity contribution in [2.45, 2.75) is 6.92 Å². The van der Waals surface area contributed by atoms with Crippen LogP contribution in [0.15, 0.2) is 65.6 Å². The predicted octanol–water partition coefficient (Wildman–Crippen LogP) is 4.51. The minimum atomic E-state index is -0.214. The number of rotatable bonds is 5. The van der Waals surface area contributed by atoms with Crippen molar-refractivity contribution in [3.63, 3.8) is 0 Å². The molecule has 3 aromatic heterocycles. The standard InChI is InChI=1S/C22H18ClN3O3/c1-3-29-19-9-4-15-12-18(14-10-11-24-20(13-14)28-2)22(27)26(21(15)25-19)17-7-5-16(23)6-8-17/h4-13H,3H2,1-2H3. The van der Waals surface area contributed by atoms with Crippen molar-refractivity contribution in [1.29, 1.82) is 0 Å². The minimum Gasteiger partial charge on any atom is -0.481 e. The number of fused-ring (bicyclic) bond motifs is 1. The van der Waals surface area contributed by atoms with Gasteiger partial charge in [0.15, 0.2) is 5.65 Å². The first-order valence-corrected chi connectivity index (χ1v) is 9.44. The van der Waals surface area contributed by atoms with Gasteiger partial charge in [0.2, 0.25) is 11.8 Å². The van der Waals surface area contributed by atoms with Gasteiger partial charge in [-0.2, -0.15) is 4.98 Å². The number of halogens is 1. The van der Waals surface area contributed by atoms with Crippen molar-refractivity contribution in [3.05, 3.63) is 76.2 Å². The molecule has 0 aliphatic carbocycles. The number of pyridine rings is 3. The number of nitrogens with zero attached hydrogens (tertiary/aromatic N) is 3. The molecule has 4 rings (SSSR count). The van der Waals surface area contributed by atoms with E-state index >= 15 is 0 Å². The van der Waals surface area contributed by atoms with Gasteiger partial charge in [-0.05, 0) is 55.0 Å². The highest BCUT2D eigenvalue weighted by atomic mass is 35.5. The molecule has 0 amide bonds. The summed E-state index contributed by atoms with van der Waals surface area (Å²) in [6.45, 7) is 2.37. The lowest BCUT2D eigenvalue weighted by Crippen LogP contribution is -2.21. The molecule has 0 atom stereocenters. The van der Waals surface area contributed by atoms with E-state index < -0.39 is 0 Å². The Kier molecular flexibility index (Phi) is 5.18. The van der Waals surface area contributed by atoms with Crippen molar-refractivity contribution in [1.82, 2.24) is 14.5 Å². The lowest BCUT2D eigenvalue weighted by Gasteiger charge is -2.14. The average Bonchev–Trinajstić information content (AvgIpc) is 2.74. The lowest BCUT2D eigenvalue weighted by atomic mass is 10.1. The van der Waals surface area contributed by atoms with Gasteiger partial charge in [0.1, 0.15) is 0 Å². The quantitative estimate of drug-likeness (QED) is 0.487. The van der Waals surface area contributed by atoms with Crippen molar-refractivity contribution < 1.29 is 9.47 Å². The second-order valence-electron chi connectivity index (χ2n) is 6.26. The summed E-state index contributed by atoms with van der Waals surface area (Å²) in [5.74, 6) is 0.894. The molecular weight excluding hydrogens is 390 g/mol. The molecule has 4 aromatic rings. The zero-order valence-electron chi connectivity index (χ0n) is 15.9. The summed E-state index contributed by atoms with van der Waals surface area (Å²) in [7, 11) is 1.54. The summed E-state index contributed by atoms with van der Waals surface area (Å²) in [5.41, 5.74) is 2.18. The summed E-state index contributed by atoms with van der Waals surface area (Å²) in [6, 6.07) is 16.1. The average molecular weight is 408 g/mol.